The lowest BCUT2D eigenvalue weighted by molar-refractivity contribution is 0.160. The molecule has 0 aromatic heterocycles. The van der Waals surface area contributed by atoms with E-state index in [1.165, 1.54) is 12.8 Å². The quantitative estimate of drug-likeness (QED) is 0.645. The predicted octanol–water partition coefficient (Wildman–Crippen LogP) is 0.659. The van der Waals surface area contributed by atoms with E-state index in [1.807, 2.05) is 0 Å². The van der Waals surface area contributed by atoms with Crippen molar-refractivity contribution >= 4 is 17.3 Å². The molecule has 3 nitrogen and oxygen atoms in total. The zero-order valence-corrected chi connectivity index (χ0v) is 9.81. The fraction of sp³-hybridized carbons (Fsp3) is 0.900. The van der Waals surface area contributed by atoms with Gasteiger partial charge in [0.1, 0.15) is 0 Å². The number of hydrogen-bond donors (Lipinski definition) is 1. The molecule has 0 aromatic rings. The molecule has 2 rings (SSSR count). The molecular formula is C10H19N3S. The standard InChI is InChI=1S/C10H19N3S/c1-8-7-12(2)5-6-13(8)10(14)11-9-3-4-9/h8-9H,3-7H2,1-2H3,(H,11,14). The van der Waals surface area contributed by atoms with Crippen LogP contribution >= 0.6 is 12.2 Å². The Kier molecular flexibility index (Phi) is 2.93. The van der Waals surface area contributed by atoms with Crippen molar-refractivity contribution in [2.24, 2.45) is 0 Å². The molecule has 1 saturated heterocycles. The maximum absolute atomic E-state index is 5.40. The summed E-state index contributed by atoms with van der Waals surface area (Å²) >= 11 is 5.40. The minimum Gasteiger partial charge on any atom is -0.360 e. The van der Waals surface area contributed by atoms with Crippen molar-refractivity contribution in [3.8, 4) is 0 Å². The molecule has 1 aliphatic heterocycles. The van der Waals surface area contributed by atoms with Crippen LogP contribution in [0.4, 0.5) is 0 Å². The summed E-state index contributed by atoms with van der Waals surface area (Å²) in [5, 5.41) is 4.37. The van der Waals surface area contributed by atoms with Crippen LogP contribution in [0.3, 0.4) is 0 Å². The van der Waals surface area contributed by atoms with Gasteiger partial charge in [0.25, 0.3) is 0 Å². The molecule has 0 bridgehead atoms. The normalized spacial score (nSPS) is 29.0. The number of likely N-dealkylation sites (N-methyl/N-ethyl adjacent to an activating group) is 1. The highest BCUT2D eigenvalue weighted by atomic mass is 32.1. The van der Waals surface area contributed by atoms with Gasteiger partial charge in [0, 0.05) is 31.7 Å². The van der Waals surface area contributed by atoms with E-state index >= 15 is 0 Å². The molecule has 4 heteroatoms. The number of hydrogen-bond acceptors (Lipinski definition) is 2. The molecule has 14 heavy (non-hydrogen) atoms. The van der Waals surface area contributed by atoms with Crippen molar-refractivity contribution in [1.29, 1.82) is 0 Å². The number of nitrogens with zero attached hydrogens (tertiary/aromatic N) is 2. The van der Waals surface area contributed by atoms with E-state index in [9.17, 15) is 0 Å². The molecule has 1 N–H and O–H groups in total. The first-order valence-corrected chi connectivity index (χ1v) is 5.83. The predicted molar refractivity (Wildman–Crippen MR) is 62.4 cm³/mol. The molecule has 0 amide bonds. The van der Waals surface area contributed by atoms with Crippen molar-refractivity contribution in [2.45, 2.75) is 31.8 Å². The lowest BCUT2D eigenvalue weighted by Crippen LogP contribution is -2.55. The number of rotatable bonds is 1. The molecule has 1 saturated carbocycles. The topological polar surface area (TPSA) is 18.5 Å². The van der Waals surface area contributed by atoms with Crippen LogP contribution in [0.2, 0.25) is 0 Å². The minimum atomic E-state index is 0.549. The van der Waals surface area contributed by atoms with Crippen molar-refractivity contribution in [3.05, 3.63) is 0 Å². The molecule has 80 valence electrons. The van der Waals surface area contributed by atoms with Gasteiger partial charge in [-0.15, -0.1) is 0 Å². The van der Waals surface area contributed by atoms with Crippen LogP contribution in [0.15, 0.2) is 0 Å². The highest BCUT2D eigenvalue weighted by molar-refractivity contribution is 7.80. The van der Waals surface area contributed by atoms with Crippen LogP contribution in [-0.4, -0.2) is 53.7 Å². The monoisotopic (exact) mass is 213 g/mol. The summed E-state index contributed by atoms with van der Waals surface area (Å²) in [5.74, 6) is 0. The van der Waals surface area contributed by atoms with E-state index in [4.69, 9.17) is 12.2 Å². The second-order valence-electron chi connectivity index (χ2n) is 4.53. The van der Waals surface area contributed by atoms with Gasteiger partial charge in [-0.2, -0.15) is 0 Å². The van der Waals surface area contributed by atoms with E-state index in [-0.39, 0.29) is 0 Å². The zero-order chi connectivity index (χ0) is 10.1. The molecule has 1 heterocycles. The third kappa shape index (κ3) is 2.36. The molecule has 0 aromatic carbocycles. The van der Waals surface area contributed by atoms with Gasteiger partial charge in [0.2, 0.25) is 0 Å². The van der Waals surface area contributed by atoms with Crippen molar-refractivity contribution in [3.63, 3.8) is 0 Å². The summed E-state index contributed by atoms with van der Waals surface area (Å²) in [6.07, 6.45) is 2.59. The van der Waals surface area contributed by atoms with Crippen LogP contribution in [0, 0.1) is 0 Å². The SMILES string of the molecule is CC1CN(C)CCN1C(=S)NC1CC1. The Morgan fingerprint density at radius 2 is 2.07 bits per heavy atom. The van der Waals surface area contributed by atoms with Crippen LogP contribution < -0.4 is 5.32 Å². The number of nitrogens with one attached hydrogen (secondary N) is 1. The fourth-order valence-electron chi connectivity index (χ4n) is 1.93. The first kappa shape index (κ1) is 10.2. The molecule has 1 aliphatic carbocycles. The maximum Gasteiger partial charge on any atom is 0.169 e. The van der Waals surface area contributed by atoms with Gasteiger partial charge in [0.15, 0.2) is 5.11 Å². The van der Waals surface area contributed by atoms with E-state index in [1.54, 1.807) is 0 Å². The van der Waals surface area contributed by atoms with Crippen LogP contribution in [0.5, 0.6) is 0 Å². The molecule has 0 spiro atoms. The van der Waals surface area contributed by atoms with E-state index < -0.39 is 0 Å². The zero-order valence-electron chi connectivity index (χ0n) is 8.99. The van der Waals surface area contributed by atoms with Crippen molar-refractivity contribution < 1.29 is 0 Å². The minimum absolute atomic E-state index is 0.549. The van der Waals surface area contributed by atoms with Gasteiger partial charge in [-0.25, -0.2) is 0 Å². The Hall–Kier alpha value is -0.350. The van der Waals surface area contributed by atoms with Crippen LogP contribution in [0.1, 0.15) is 19.8 Å². The Morgan fingerprint density at radius 1 is 1.36 bits per heavy atom. The summed E-state index contributed by atoms with van der Waals surface area (Å²) in [4.78, 5) is 4.69. The van der Waals surface area contributed by atoms with Gasteiger partial charge in [-0.3, -0.25) is 0 Å². The van der Waals surface area contributed by atoms with E-state index in [0.717, 1.165) is 24.7 Å². The van der Waals surface area contributed by atoms with E-state index in [0.29, 0.717) is 12.1 Å². The summed E-state index contributed by atoms with van der Waals surface area (Å²) in [5.41, 5.74) is 0. The highest BCUT2D eigenvalue weighted by Crippen LogP contribution is 2.19. The Bertz CT molecular complexity index is 227. The van der Waals surface area contributed by atoms with Gasteiger partial charge in [-0.05, 0) is 39.0 Å². The second kappa shape index (κ2) is 4.03. The lowest BCUT2D eigenvalue weighted by Gasteiger charge is -2.39. The smallest absolute Gasteiger partial charge is 0.169 e. The van der Waals surface area contributed by atoms with Gasteiger partial charge in [0.05, 0.1) is 0 Å². The third-order valence-corrected chi connectivity index (χ3v) is 3.35. The van der Waals surface area contributed by atoms with Gasteiger partial charge in [-0.1, -0.05) is 0 Å². The van der Waals surface area contributed by atoms with Gasteiger partial charge >= 0.3 is 0 Å². The van der Waals surface area contributed by atoms with Crippen molar-refractivity contribution in [1.82, 2.24) is 15.1 Å². The first-order chi connectivity index (χ1) is 6.66. The number of piperazine rings is 1. The average Bonchev–Trinajstić information content (AvgIpc) is 2.87. The number of thiocarbonyl (C=S) groups is 1. The molecule has 1 atom stereocenters. The maximum atomic E-state index is 5.40. The summed E-state index contributed by atoms with van der Waals surface area (Å²) in [7, 11) is 2.17. The second-order valence-corrected chi connectivity index (χ2v) is 4.92. The Balaban J connectivity index is 1.85. The van der Waals surface area contributed by atoms with Crippen LogP contribution in [0.25, 0.3) is 0 Å². The Morgan fingerprint density at radius 3 is 2.64 bits per heavy atom. The molecule has 0 radical (unpaired) electrons. The summed E-state index contributed by atoms with van der Waals surface area (Å²) < 4.78 is 0. The third-order valence-electron chi connectivity index (χ3n) is 3.00. The summed E-state index contributed by atoms with van der Waals surface area (Å²) in [6, 6.07) is 1.22. The summed E-state index contributed by atoms with van der Waals surface area (Å²) in [6.45, 7) is 5.55. The highest BCUT2D eigenvalue weighted by Gasteiger charge is 2.27. The largest absolute Gasteiger partial charge is 0.360 e. The fourth-order valence-corrected chi connectivity index (χ4v) is 2.36. The molecule has 2 fully saturated rings. The Labute approximate surface area is 91.4 Å². The molecule has 2 aliphatic rings. The van der Waals surface area contributed by atoms with Gasteiger partial charge < -0.3 is 15.1 Å². The first-order valence-electron chi connectivity index (χ1n) is 5.42. The van der Waals surface area contributed by atoms with Crippen LogP contribution in [-0.2, 0) is 0 Å². The lowest BCUT2D eigenvalue weighted by atomic mass is 10.2. The molecule has 1 unspecified atom stereocenters. The average molecular weight is 213 g/mol. The van der Waals surface area contributed by atoms with E-state index in [2.05, 4.69) is 29.1 Å². The van der Waals surface area contributed by atoms with Crippen molar-refractivity contribution in [2.75, 3.05) is 26.7 Å². The molecular weight excluding hydrogens is 194 g/mol.